The van der Waals surface area contributed by atoms with Crippen LogP contribution in [0.3, 0.4) is 0 Å². The number of carbonyl (C=O) groups excluding carboxylic acids is 2. The Kier molecular flexibility index (Phi) is 6.51. The van der Waals surface area contributed by atoms with Crippen molar-refractivity contribution in [2.45, 2.75) is 23.7 Å². The molecule has 19 heavy (non-hydrogen) atoms. The van der Waals surface area contributed by atoms with Crippen molar-refractivity contribution < 1.29 is 19.1 Å². The van der Waals surface area contributed by atoms with Gasteiger partial charge in [0.1, 0.15) is 13.2 Å². The Morgan fingerprint density at radius 3 is 2.16 bits per heavy atom. The third-order valence-corrected chi connectivity index (χ3v) is 5.44. The molecule has 106 valence electrons. The van der Waals surface area contributed by atoms with E-state index in [1.165, 1.54) is 0 Å². The minimum absolute atomic E-state index is 0.192. The summed E-state index contributed by atoms with van der Waals surface area (Å²) in [6.07, 6.45) is 0. The van der Waals surface area contributed by atoms with Gasteiger partial charge in [-0.2, -0.15) is 0 Å². The van der Waals surface area contributed by atoms with Crippen molar-refractivity contribution in [2.75, 3.05) is 19.0 Å². The lowest BCUT2D eigenvalue weighted by Gasteiger charge is -2.11. The van der Waals surface area contributed by atoms with E-state index < -0.39 is 0 Å². The molecule has 1 heterocycles. The zero-order chi connectivity index (χ0) is 14.4. The summed E-state index contributed by atoms with van der Waals surface area (Å²) in [7, 11) is 0. The first-order chi connectivity index (χ1) is 8.90. The number of thioether (sulfide) groups is 2. The van der Waals surface area contributed by atoms with Crippen molar-refractivity contribution in [1.29, 1.82) is 0 Å². The molecule has 2 unspecified atom stereocenters. The van der Waals surface area contributed by atoms with Gasteiger partial charge in [0.05, 0.1) is 4.58 Å². The van der Waals surface area contributed by atoms with Crippen LogP contribution in [0.5, 0.6) is 0 Å². The van der Waals surface area contributed by atoms with Gasteiger partial charge in [0.25, 0.3) is 0 Å². The molecule has 0 aromatic heterocycles. The molecule has 1 saturated heterocycles. The highest BCUT2D eigenvalue weighted by Gasteiger charge is 2.28. The number of hydrogen-bond acceptors (Lipinski definition) is 6. The standard InChI is InChI=1S/C13H18O4S2/c1-8(2)12(14)16-5-10-7-18-11(19-10)6-17-13(15)9(3)4/h10-11H,1,3,5-7H2,2,4H3. The van der Waals surface area contributed by atoms with Crippen molar-refractivity contribution in [1.82, 2.24) is 0 Å². The molecular formula is C13H18O4S2. The summed E-state index contributed by atoms with van der Waals surface area (Å²) in [6, 6.07) is 0. The highest BCUT2D eigenvalue weighted by atomic mass is 32.2. The van der Waals surface area contributed by atoms with Gasteiger partial charge in [-0.3, -0.25) is 0 Å². The Hall–Kier alpha value is -0.880. The van der Waals surface area contributed by atoms with E-state index in [1.807, 2.05) is 0 Å². The van der Waals surface area contributed by atoms with E-state index in [1.54, 1.807) is 37.4 Å². The van der Waals surface area contributed by atoms with Gasteiger partial charge >= 0.3 is 11.9 Å². The van der Waals surface area contributed by atoms with Crippen molar-refractivity contribution >= 4 is 35.5 Å². The number of hydrogen-bond donors (Lipinski definition) is 0. The zero-order valence-corrected chi connectivity index (χ0v) is 12.8. The minimum Gasteiger partial charge on any atom is -0.461 e. The highest BCUT2D eigenvalue weighted by Crippen LogP contribution is 2.38. The Morgan fingerprint density at radius 1 is 1.11 bits per heavy atom. The molecule has 0 amide bonds. The molecule has 0 bridgehead atoms. The lowest BCUT2D eigenvalue weighted by molar-refractivity contribution is -0.139. The SMILES string of the molecule is C=C(C)C(=O)OCC1CSC(COC(=O)C(=C)C)S1. The summed E-state index contributed by atoms with van der Waals surface area (Å²) in [5.74, 6) is 0.157. The van der Waals surface area contributed by atoms with Crippen LogP contribution in [0.2, 0.25) is 0 Å². The fourth-order valence-electron chi connectivity index (χ4n) is 1.24. The number of carbonyl (C=O) groups is 2. The van der Waals surface area contributed by atoms with E-state index in [4.69, 9.17) is 9.47 Å². The molecule has 4 nitrogen and oxygen atoms in total. The second-order valence-corrected chi connectivity index (χ2v) is 7.32. The second kappa shape index (κ2) is 7.65. The molecular weight excluding hydrogens is 284 g/mol. The lowest BCUT2D eigenvalue weighted by Crippen LogP contribution is -2.17. The van der Waals surface area contributed by atoms with Crippen LogP contribution >= 0.6 is 23.5 Å². The van der Waals surface area contributed by atoms with Gasteiger partial charge in [0.2, 0.25) is 0 Å². The van der Waals surface area contributed by atoms with Gasteiger partial charge in [0.15, 0.2) is 0 Å². The molecule has 6 heteroatoms. The van der Waals surface area contributed by atoms with E-state index in [9.17, 15) is 9.59 Å². The van der Waals surface area contributed by atoms with Crippen molar-refractivity contribution in [3.63, 3.8) is 0 Å². The van der Waals surface area contributed by atoms with E-state index in [-0.39, 0.29) is 21.8 Å². The molecule has 2 atom stereocenters. The lowest BCUT2D eigenvalue weighted by atomic mass is 10.4. The Morgan fingerprint density at radius 2 is 1.63 bits per heavy atom. The van der Waals surface area contributed by atoms with Crippen molar-refractivity contribution in [3.05, 3.63) is 24.3 Å². The maximum atomic E-state index is 11.3. The first-order valence-electron chi connectivity index (χ1n) is 5.82. The van der Waals surface area contributed by atoms with Crippen LogP contribution in [-0.2, 0) is 19.1 Å². The summed E-state index contributed by atoms with van der Waals surface area (Å²) < 4.78 is 10.4. The summed E-state index contributed by atoms with van der Waals surface area (Å²) in [5.41, 5.74) is 0.808. The molecule has 1 fully saturated rings. The maximum absolute atomic E-state index is 11.3. The fourth-order valence-corrected chi connectivity index (χ4v) is 4.23. The molecule has 0 aliphatic carbocycles. The van der Waals surface area contributed by atoms with Crippen LogP contribution < -0.4 is 0 Å². The van der Waals surface area contributed by atoms with Gasteiger partial charge in [-0.1, -0.05) is 13.2 Å². The molecule has 0 spiro atoms. The molecule has 1 rings (SSSR count). The van der Waals surface area contributed by atoms with Crippen LogP contribution in [0.4, 0.5) is 0 Å². The topological polar surface area (TPSA) is 52.6 Å². The monoisotopic (exact) mass is 302 g/mol. The molecule has 0 aromatic carbocycles. The second-order valence-electron chi connectivity index (χ2n) is 4.28. The largest absolute Gasteiger partial charge is 0.461 e. The van der Waals surface area contributed by atoms with E-state index in [0.717, 1.165) is 5.75 Å². The van der Waals surface area contributed by atoms with Gasteiger partial charge in [0, 0.05) is 22.1 Å². The molecule has 0 saturated carbocycles. The first kappa shape index (κ1) is 16.2. The van der Waals surface area contributed by atoms with Crippen LogP contribution in [0.15, 0.2) is 24.3 Å². The molecule has 0 N–H and O–H groups in total. The average molecular weight is 302 g/mol. The van der Waals surface area contributed by atoms with E-state index >= 15 is 0 Å². The summed E-state index contributed by atoms with van der Waals surface area (Å²) in [5, 5.41) is 0.238. The Balaban J connectivity index is 2.23. The number of ether oxygens (including phenoxy) is 2. The van der Waals surface area contributed by atoms with E-state index in [2.05, 4.69) is 13.2 Å². The van der Waals surface area contributed by atoms with Crippen molar-refractivity contribution in [2.24, 2.45) is 0 Å². The quantitative estimate of drug-likeness (QED) is 0.555. The molecule has 0 radical (unpaired) electrons. The smallest absolute Gasteiger partial charge is 0.333 e. The third kappa shape index (κ3) is 5.74. The zero-order valence-electron chi connectivity index (χ0n) is 11.1. The summed E-state index contributed by atoms with van der Waals surface area (Å²) in [6.45, 7) is 11.0. The number of rotatable bonds is 6. The van der Waals surface area contributed by atoms with Crippen LogP contribution in [0.25, 0.3) is 0 Å². The molecule has 1 aliphatic heterocycles. The van der Waals surface area contributed by atoms with Gasteiger partial charge < -0.3 is 9.47 Å². The highest BCUT2D eigenvalue weighted by molar-refractivity contribution is 8.20. The van der Waals surface area contributed by atoms with Crippen LogP contribution in [0.1, 0.15) is 13.8 Å². The summed E-state index contributed by atoms with van der Waals surface area (Å²) in [4.78, 5) is 22.5. The Labute approximate surface area is 122 Å². The summed E-state index contributed by atoms with van der Waals surface area (Å²) >= 11 is 3.37. The predicted molar refractivity (Wildman–Crippen MR) is 79.2 cm³/mol. The number of esters is 2. The Bertz CT molecular complexity index is 356. The first-order valence-corrected chi connectivity index (χ1v) is 7.81. The molecule has 1 aliphatic rings. The average Bonchev–Trinajstić information content (AvgIpc) is 2.80. The fraction of sp³-hybridized carbons (Fsp3) is 0.538. The normalized spacial score (nSPS) is 21.8. The van der Waals surface area contributed by atoms with Crippen molar-refractivity contribution in [3.8, 4) is 0 Å². The van der Waals surface area contributed by atoms with Crippen LogP contribution in [-0.4, -0.2) is 40.7 Å². The van der Waals surface area contributed by atoms with E-state index in [0.29, 0.717) is 24.4 Å². The van der Waals surface area contributed by atoms with Gasteiger partial charge in [-0.05, 0) is 13.8 Å². The van der Waals surface area contributed by atoms with Crippen LogP contribution in [0, 0.1) is 0 Å². The third-order valence-electron chi connectivity index (χ3n) is 2.26. The molecule has 0 aromatic rings. The van der Waals surface area contributed by atoms with Gasteiger partial charge in [-0.15, -0.1) is 23.5 Å². The predicted octanol–water partition coefficient (Wildman–Crippen LogP) is 2.40. The maximum Gasteiger partial charge on any atom is 0.333 e. The van der Waals surface area contributed by atoms with Gasteiger partial charge in [-0.25, -0.2) is 9.59 Å². The minimum atomic E-state index is -0.363.